The molecule has 0 unspecified atom stereocenters. The summed E-state index contributed by atoms with van der Waals surface area (Å²) in [4.78, 5) is 26.9. The summed E-state index contributed by atoms with van der Waals surface area (Å²) in [5.74, 6) is -0.741. The lowest BCUT2D eigenvalue weighted by Gasteiger charge is -2.25. The highest BCUT2D eigenvalue weighted by atomic mass is 19.4. The van der Waals surface area contributed by atoms with Gasteiger partial charge in [0.15, 0.2) is 0 Å². The molecule has 4 nitrogen and oxygen atoms in total. The van der Waals surface area contributed by atoms with Gasteiger partial charge in [0.1, 0.15) is 6.54 Å². The van der Waals surface area contributed by atoms with Crippen LogP contribution in [0.15, 0.2) is 54.6 Å². The fourth-order valence-electron chi connectivity index (χ4n) is 2.42. The molecule has 26 heavy (non-hydrogen) atoms. The molecule has 2 rings (SSSR count). The number of benzene rings is 2. The van der Waals surface area contributed by atoms with E-state index in [-0.39, 0.29) is 18.1 Å². The van der Waals surface area contributed by atoms with E-state index in [0.29, 0.717) is 6.54 Å². The Morgan fingerprint density at radius 2 is 1.54 bits per heavy atom. The molecule has 0 fully saturated rings. The molecular weight excluding hydrogens is 345 g/mol. The van der Waals surface area contributed by atoms with E-state index in [1.165, 1.54) is 24.0 Å². The molecule has 0 aliphatic rings. The topological polar surface area (TPSA) is 40.6 Å². The molecule has 0 saturated carbocycles. The number of hydrogen-bond acceptors (Lipinski definition) is 2. The third-order valence-electron chi connectivity index (χ3n) is 3.87. The second kappa shape index (κ2) is 8.03. The number of hydrogen-bond donors (Lipinski definition) is 0. The lowest BCUT2D eigenvalue weighted by molar-refractivity contribution is -0.137. The van der Waals surface area contributed by atoms with Crippen LogP contribution in [0.1, 0.15) is 18.1 Å². The molecule has 0 aliphatic carbocycles. The first kappa shape index (κ1) is 19.5. The Balaban J connectivity index is 2.10. The van der Waals surface area contributed by atoms with Crippen LogP contribution in [0, 0.1) is 0 Å². The maximum absolute atomic E-state index is 12.7. The van der Waals surface area contributed by atoms with Crippen LogP contribution in [-0.2, 0) is 22.3 Å². The largest absolute Gasteiger partial charge is 0.416 e. The zero-order valence-electron chi connectivity index (χ0n) is 14.5. The third kappa shape index (κ3) is 5.08. The molecule has 2 aromatic rings. The van der Waals surface area contributed by atoms with E-state index in [4.69, 9.17) is 0 Å². The van der Waals surface area contributed by atoms with Crippen molar-refractivity contribution in [1.29, 1.82) is 0 Å². The number of nitrogens with zero attached hydrogens (tertiary/aromatic N) is 2. The van der Waals surface area contributed by atoms with E-state index >= 15 is 0 Å². The predicted octanol–water partition coefficient (Wildman–Crippen LogP) is 3.72. The van der Waals surface area contributed by atoms with Crippen LogP contribution in [-0.4, -0.2) is 30.3 Å². The number of carbonyl (C=O) groups excluding carboxylic acids is 2. The van der Waals surface area contributed by atoms with E-state index in [1.54, 1.807) is 7.05 Å². The number of carbonyl (C=O) groups is 2. The van der Waals surface area contributed by atoms with Crippen molar-refractivity contribution in [3.63, 3.8) is 0 Å². The van der Waals surface area contributed by atoms with Crippen LogP contribution in [0.5, 0.6) is 0 Å². The summed E-state index contributed by atoms with van der Waals surface area (Å²) in [5, 5.41) is 0. The number of amides is 2. The van der Waals surface area contributed by atoms with Gasteiger partial charge in [-0.1, -0.05) is 30.3 Å². The van der Waals surface area contributed by atoms with Gasteiger partial charge in [0.05, 0.1) is 5.56 Å². The molecule has 7 heteroatoms. The third-order valence-corrected chi connectivity index (χ3v) is 3.87. The molecule has 0 saturated heterocycles. The lowest BCUT2D eigenvalue weighted by Crippen LogP contribution is -2.40. The summed E-state index contributed by atoms with van der Waals surface area (Å²) < 4.78 is 38.0. The average molecular weight is 364 g/mol. The normalized spacial score (nSPS) is 11.1. The van der Waals surface area contributed by atoms with E-state index in [9.17, 15) is 22.8 Å². The van der Waals surface area contributed by atoms with Crippen LogP contribution >= 0.6 is 0 Å². The van der Waals surface area contributed by atoms with Gasteiger partial charge in [0.25, 0.3) is 0 Å². The van der Waals surface area contributed by atoms with Crippen molar-refractivity contribution in [3.8, 4) is 0 Å². The summed E-state index contributed by atoms with van der Waals surface area (Å²) in [6.45, 7) is 1.39. The van der Waals surface area contributed by atoms with Crippen molar-refractivity contribution in [2.24, 2.45) is 0 Å². The number of halogens is 3. The van der Waals surface area contributed by atoms with Gasteiger partial charge in [-0.25, -0.2) is 0 Å². The second-order valence-corrected chi connectivity index (χ2v) is 5.89. The minimum atomic E-state index is -4.45. The Hall–Kier alpha value is -2.83. The summed E-state index contributed by atoms with van der Waals surface area (Å²) in [6, 6.07) is 13.5. The average Bonchev–Trinajstić information content (AvgIpc) is 2.59. The first-order valence-electron chi connectivity index (χ1n) is 7.91. The number of anilines is 1. The van der Waals surface area contributed by atoms with Crippen LogP contribution in [0.4, 0.5) is 18.9 Å². The van der Waals surface area contributed by atoms with Crippen LogP contribution < -0.4 is 4.90 Å². The van der Waals surface area contributed by atoms with E-state index in [0.717, 1.165) is 22.6 Å². The minimum Gasteiger partial charge on any atom is -0.340 e. The first-order valence-corrected chi connectivity index (χ1v) is 7.91. The maximum atomic E-state index is 12.7. The van der Waals surface area contributed by atoms with Gasteiger partial charge in [-0.15, -0.1) is 0 Å². The molecule has 0 aromatic heterocycles. The van der Waals surface area contributed by atoms with Crippen molar-refractivity contribution in [3.05, 3.63) is 65.7 Å². The number of rotatable bonds is 5. The van der Waals surface area contributed by atoms with Gasteiger partial charge in [0, 0.05) is 26.2 Å². The molecule has 0 radical (unpaired) electrons. The molecule has 0 aliphatic heterocycles. The van der Waals surface area contributed by atoms with Crippen molar-refractivity contribution in [1.82, 2.24) is 4.90 Å². The fraction of sp³-hybridized carbons (Fsp3) is 0.263. The monoisotopic (exact) mass is 364 g/mol. The van der Waals surface area contributed by atoms with Gasteiger partial charge >= 0.3 is 6.18 Å². The summed E-state index contributed by atoms with van der Waals surface area (Å²) >= 11 is 0. The molecule has 0 spiro atoms. The van der Waals surface area contributed by atoms with E-state index < -0.39 is 17.6 Å². The van der Waals surface area contributed by atoms with Crippen LogP contribution in [0.3, 0.4) is 0 Å². The van der Waals surface area contributed by atoms with Crippen molar-refractivity contribution in [2.75, 3.05) is 18.5 Å². The molecule has 0 heterocycles. The van der Waals surface area contributed by atoms with Crippen molar-refractivity contribution >= 4 is 17.5 Å². The molecule has 138 valence electrons. The predicted molar refractivity (Wildman–Crippen MR) is 92.4 cm³/mol. The zero-order valence-corrected chi connectivity index (χ0v) is 14.5. The number of alkyl halides is 3. The van der Waals surface area contributed by atoms with E-state index in [1.807, 2.05) is 30.3 Å². The van der Waals surface area contributed by atoms with Crippen molar-refractivity contribution in [2.45, 2.75) is 19.6 Å². The standard InChI is InChI=1S/C19H19F3N2O2/c1-14(25)24(17-10-8-16(9-11-17)19(20,21)22)13-18(26)23(2)12-15-6-4-3-5-7-15/h3-11H,12-13H2,1-2H3. The maximum Gasteiger partial charge on any atom is 0.416 e. The van der Waals surface area contributed by atoms with E-state index in [2.05, 4.69) is 0 Å². The highest BCUT2D eigenvalue weighted by Gasteiger charge is 2.30. The van der Waals surface area contributed by atoms with Gasteiger partial charge in [-0.2, -0.15) is 13.2 Å². The van der Waals surface area contributed by atoms with Gasteiger partial charge in [-0.05, 0) is 29.8 Å². The molecule has 0 bridgehead atoms. The van der Waals surface area contributed by atoms with Crippen LogP contribution in [0.25, 0.3) is 0 Å². The highest BCUT2D eigenvalue weighted by molar-refractivity contribution is 5.97. The Kier molecular flexibility index (Phi) is 6.02. The lowest BCUT2D eigenvalue weighted by atomic mass is 10.2. The molecule has 0 atom stereocenters. The second-order valence-electron chi connectivity index (χ2n) is 5.89. The Labute approximate surface area is 149 Å². The zero-order chi connectivity index (χ0) is 19.3. The van der Waals surface area contributed by atoms with Crippen molar-refractivity contribution < 1.29 is 22.8 Å². The van der Waals surface area contributed by atoms with Crippen LogP contribution in [0.2, 0.25) is 0 Å². The Morgan fingerprint density at radius 1 is 0.962 bits per heavy atom. The summed E-state index contributed by atoms with van der Waals surface area (Å²) in [6.07, 6.45) is -4.45. The molecule has 0 N–H and O–H groups in total. The van der Waals surface area contributed by atoms with Gasteiger partial charge < -0.3 is 9.80 Å². The minimum absolute atomic E-state index is 0.243. The number of likely N-dealkylation sites (N-methyl/N-ethyl adjacent to an activating group) is 1. The summed E-state index contributed by atoms with van der Waals surface area (Å²) in [7, 11) is 1.61. The Bertz CT molecular complexity index is 759. The van der Waals surface area contributed by atoms with Gasteiger partial charge in [-0.3, -0.25) is 9.59 Å². The highest BCUT2D eigenvalue weighted by Crippen LogP contribution is 2.30. The molecule has 2 amide bonds. The SMILES string of the molecule is CC(=O)N(CC(=O)N(C)Cc1ccccc1)c1ccc(C(F)(F)F)cc1. The summed E-state index contributed by atoms with van der Waals surface area (Å²) in [5.41, 5.74) is 0.372. The molecule has 2 aromatic carbocycles. The first-order chi connectivity index (χ1) is 12.2. The quantitative estimate of drug-likeness (QED) is 0.811. The van der Waals surface area contributed by atoms with Gasteiger partial charge in [0.2, 0.25) is 11.8 Å². The molecular formula is C19H19F3N2O2. The Morgan fingerprint density at radius 3 is 2.04 bits per heavy atom. The fourth-order valence-corrected chi connectivity index (χ4v) is 2.42. The smallest absolute Gasteiger partial charge is 0.340 e.